The fourth-order valence-electron chi connectivity index (χ4n) is 2.41. The first-order valence-electron chi connectivity index (χ1n) is 7.14. The zero-order valence-electron chi connectivity index (χ0n) is 12.2. The van der Waals surface area contributed by atoms with Crippen LogP contribution in [0.5, 0.6) is 0 Å². The largest absolute Gasteiger partial charge is 0.480 e. The zero-order chi connectivity index (χ0) is 13.8. The highest BCUT2D eigenvalue weighted by molar-refractivity contribution is 5.78. The van der Waals surface area contributed by atoms with Crippen molar-refractivity contribution in [3.8, 4) is 0 Å². The predicted octanol–water partition coefficient (Wildman–Crippen LogP) is 2.09. The lowest BCUT2D eigenvalue weighted by molar-refractivity contribution is -0.144. The average Bonchev–Trinajstić information content (AvgIpc) is 3.11. The van der Waals surface area contributed by atoms with Crippen LogP contribution < -0.4 is 5.32 Å². The van der Waals surface area contributed by atoms with Crippen LogP contribution in [0.25, 0.3) is 0 Å². The molecule has 4 nitrogen and oxygen atoms in total. The molecule has 0 aliphatic heterocycles. The van der Waals surface area contributed by atoms with Gasteiger partial charge >= 0.3 is 5.97 Å². The lowest BCUT2D eigenvalue weighted by Gasteiger charge is -2.32. The molecule has 1 saturated carbocycles. The Morgan fingerprint density at radius 2 is 2.00 bits per heavy atom. The van der Waals surface area contributed by atoms with E-state index in [-0.39, 0.29) is 0 Å². The summed E-state index contributed by atoms with van der Waals surface area (Å²) in [7, 11) is 2.09. The van der Waals surface area contributed by atoms with Gasteiger partial charge in [0.25, 0.3) is 0 Å². The van der Waals surface area contributed by atoms with Crippen LogP contribution >= 0.6 is 0 Å². The molecule has 1 rings (SSSR count). The van der Waals surface area contributed by atoms with Gasteiger partial charge in [0.2, 0.25) is 0 Å². The maximum atomic E-state index is 11.4. The van der Waals surface area contributed by atoms with Gasteiger partial charge < -0.3 is 10.0 Å². The lowest BCUT2D eigenvalue weighted by Crippen LogP contribution is -2.52. The Bertz CT molecular complexity index is 275. The van der Waals surface area contributed by atoms with E-state index in [1.807, 2.05) is 6.92 Å². The maximum Gasteiger partial charge on any atom is 0.323 e. The summed E-state index contributed by atoms with van der Waals surface area (Å²) in [5, 5.41) is 12.7. The van der Waals surface area contributed by atoms with Crippen LogP contribution in [0.15, 0.2) is 0 Å². The summed E-state index contributed by atoms with van der Waals surface area (Å²) in [6, 6.07) is 0.980. The molecule has 0 amide bonds. The van der Waals surface area contributed by atoms with E-state index in [4.69, 9.17) is 0 Å². The average molecular weight is 256 g/mol. The van der Waals surface area contributed by atoms with E-state index in [0.717, 1.165) is 32.2 Å². The van der Waals surface area contributed by atoms with Crippen molar-refractivity contribution >= 4 is 5.97 Å². The fraction of sp³-hybridized carbons (Fsp3) is 0.929. The molecule has 0 saturated heterocycles. The molecule has 1 fully saturated rings. The van der Waals surface area contributed by atoms with Gasteiger partial charge in [0.15, 0.2) is 0 Å². The standard InChI is InChI=1S/C14H28N2O2/c1-5-12(6-2)16(4)10-9-14(3,13(17)18)15-11-7-8-11/h11-12,15H,5-10H2,1-4H3,(H,17,18). The number of hydrogen-bond donors (Lipinski definition) is 2. The minimum atomic E-state index is -0.776. The molecule has 0 aromatic carbocycles. The number of carbonyl (C=O) groups is 1. The molecule has 0 spiro atoms. The van der Waals surface area contributed by atoms with Crippen molar-refractivity contribution in [2.75, 3.05) is 13.6 Å². The van der Waals surface area contributed by atoms with E-state index in [0.29, 0.717) is 18.5 Å². The fourth-order valence-corrected chi connectivity index (χ4v) is 2.41. The molecule has 18 heavy (non-hydrogen) atoms. The number of carboxylic acid groups (broad SMARTS) is 1. The van der Waals surface area contributed by atoms with Crippen molar-refractivity contribution in [3.05, 3.63) is 0 Å². The SMILES string of the molecule is CCC(CC)N(C)CCC(C)(NC1CC1)C(=O)O. The molecule has 2 N–H and O–H groups in total. The third kappa shape index (κ3) is 4.25. The van der Waals surface area contributed by atoms with Gasteiger partial charge in [-0.3, -0.25) is 10.1 Å². The normalized spacial score (nSPS) is 19.2. The van der Waals surface area contributed by atoms with Gasteiger partial charge in [-0.25, -0.2) is 0 Å². The number of carboxylic acids is 1. The summed E-state index contributed by atoms with van der Waals surface area (Å²) in [4.78, 5) is 13.7. The molecule has 0 radical (unpaired) electrons. The zero-order valence-corrected chi connectivity index (χ0v) is 12.2. The molecular weight excluding hydrogens is 228 g/mol. The minimum absolute atomic E-state index is 0.421. The lowest BCUT2D eigenvalue weighted by atomic mass is 9.96. The molecular formula is C14H28N2O2. The van der Waals surface area contributed by atoms with Crippen molar-refractivity contribution in [2.45, 2.75) is 70.5 Å². The number of hydrogen-bond acceptors (Lipinski definition) is 3. The van der Waals surface area contributed by atoms with Crippen LogP contribution in [0, 0.1) is 0 Å². The van der Waals surface area contributed by atoms with E-state index in [1.54, 1.807) is 0 Å². The van der Waals surface area contributed by atoms with Crippen molar-refractivity contribution in [2.24, 2.45) is 0 Å². The third-order valence-electron chi connectivity index (χ3n) is 4.10. The Morgan fingerprint density at radius 1 is 1.44 bits per heavy atom. The van der Waals surface area contributed by atoms with Crippen LogP contribution in [-0.4, -0.2) is 47.2 Å². The van der Waals surface area contributed by atoms with Gasteiger partial charge in [0.05, 0.1) is 0 Å². The van der Waals surface area contributed by atoms with Gasteiger partial charge in [-0.15, -0.1) is 0 Å². The van der Waals surface area contributed by atoms with Crippen LogP contribution in [0.2, 0.25) is 0 Å². The Hall–Kier alpha value is -0.610. The van der Waals surface area contributed by atoms with Crippen LogP contribution in [0.1, 0.15) is 52.9 Å². The molecule has 0 bridgehead atoms. The van der Waals surface area contributed by atoms with E-state index < -0.39 is 11.5 Å². The number of aliphatic carboxylic acids is 1. The highest BCUT2D eigenvalue weighted by Crippen LogP contribution is 2.24. The summed E-state index contributed by atoms with van der Waals surface area (Å²) >= 11 is 0. The van der Waals surface area contributed by atoms with Gasteiger partial charge in [-0.2, -0.15) is 0 Å². The van der Waals surface area contributed by atoms with Crippen molar-refractivity contribution in [3.63, 3.8) is 0 Å². The van der Waals surface area contributed by atoms with E-state index in [9.17, 15) is 9.90 Å². The second kappa shape index (κ2) is 6.53. The molecule has 1 unspecified atom stereocenters. The number of rotatable bonds is 9. The van der Waals surface area contributed by atoms with E-state index >= 15 is 0 Å². The topological polar surface area (TPSA) is 52.6 Å². The molecule has 1 atom stereocenters. The van der Waals surface area contributed by atoms with Crippen LogP contribution in [0.4, 0.5) is 0 Å². The summed E-state index contributed by atoms with van der Waals surface area (Å²) in [6.45, 7) is 7.01. The Labute approximate surface area is 111 Å². The monoisotopic (exact) mass is 256 g/mol. The number of nitrogens with zero attached hydrogens (tertiary/aromatic N) is 1. The van der Waals surface area contributed by atoms with Crippen LogP contribution in [-0.2, 0) is 4.79 Å². The summed E-state index contributed by atoms with van der Waals surface area (Å²) in [5.41, 5.74) is -0.776. The van der Waals surface area contributed by atoms with Crippen molar-refractivity contribution in [1.29, 1.82) is 0 Å². The Kier molecular flexibility index (Phi) is 5.60. The molecule has 1 aliphatic carbocycles. The van der Waals surface area contributed by atoms with Crippen LogP contribution in [0.3, 0.4) is 0 Å². The van der Waals surface area contributed by atoms with E-state index in [1.165, 1.54) is 0 Å². The molecule has 0 aromatic heterocycles. The smallest absolute Gasteiger partial charge is 0.323 e. The Balaban J connectivity index is 2.48. The summed E-state index contributed by atoms with van der Waals surface area (Å²) in [6.07, 6.45) is 5.13. The molecule has 0 heterocycles. The second-order valence-corrected chi connectivity index (χ2v) is 5.76. The predicted molar refractivity (Wildman–Crippen MR) is 73.8 cm³/mol. The van der Waals surface area contributed by atoms with Gasteiger partial charge in [0.1, 0.15) is 5.54 Å². The first-order valence-corrected chi connectivity index (χ1v) is 7.14. The van der Waals surface area contributed by atoms with E-state index in [2.05, 4.69) is 31.1 Å². The van der Waals surface area contributed by atoms with Crippen molar-refractivity contribution in [1.82, 2.24) is 10.2 Å². The van der Waals surface area contributed by atoms with Gasteiger partial charge in [-0.1, -0.05) is 13.8 Å². The second-order valence-electron chi connectivity index (χ2n) is 5.76. The molecule has 106 valence electrons. The highest BCUT2D eigenvalue weighted by atomic mass is 16.4. The molecule has 4 heteroatoms. The molecule has 1 aliphatic rings. The minimum Gasteiger partial charge on any atom is -0.480 e. The molecule has 0 aromatic rings. The third-order valence-corrected chi connectivity index (χ3v) is 4.10. The van der Waals surface area contributed by atoms with Gasteiger partial charge in [-0.05, 0) is 46.1 Å². The summed E-state index contributed by atoms with van der Waals surface area (Å²) in [5.74, 6) is -0.729. The first kappa shape index (κ1) is 15.4. The highest BCUT2D eigenvalue weighted by Gasteiger charge is 2.38. The summed E-state index contributed by atoms with van der Waals surface area (Å²) < 4.78 is 0. The Morgan fingerprint density at radius 3 is 2.39 bits per heavy atom. The maximum absolute atomic E-state index is 11.4. The quantitative estimate of drug-likeness (QED) is 0.663. The number of nitrogens with one attached hydrogen (secondary N) is 1. The van der Waals surface area contributed by atoms with Gasteiger partial charge in [0, 0.05) is 18.6 Å². The first-order chi connectivity index (χ1) is 8.42. The van der Waals surface area contributed by atoms with Crippen molar-refractivity contribution < 1.29 is 9.90 Å².